The third kappa shape index (κ3) is 1.86. The van der Waals surface area contributed by atoms with Crippen LogP contribution in [0.5, 0.6) is 0 Å². The Bertz CT molecular complexity index is 286. The fourth-order valence-corrected chi connectivity index (χ4v) is 3.40. The van der Waals surface area contributed by atoms with Crippen molar-refractivity contribution in [3.63, 3.8) is 0 Å². The lowest BCUT2D eigenvalue weighted by Gasteiger charge is -2.23. The van der Waals surface area contributed by atoms with E-state index in [1.807, 2.05) is 11.3 Å². The summed E-state index contributed by atoms with van der Waals surface area (Å²) >= 11 is 1.87. The van der Waals surface area contributed by atoms with E-state index in [9.17, 15) is 0 Å². The number of nitrogens with one attached hydrogen (secondary N) is 1. The van der Waals surface area contributed by atoms with E-state index in [1.165, 1.54) is 36.1 Å². The fourth-order valence-electron chi connectivity index (χ4n) is 2.65. The van der Waals surface area contributed by atoms with Gasteiger partial charge in [0.1, 0.15) is 0 Å². The maximum absolute atomic E-state index is 3.49. The molecule has 0 aliphatic heterocycles. The Morgan fingerprint density at radius 2 is 2.14 bits per heavy atom. The number of rotatable bonds is 3. The monoisotopic (exact) mass is 209 g/mol. The molecular weight excluding hydrogens is 190 g/mol. The summed E-state index contributed by atoms with van der Waals surface area (Å²) in [6, 6.07) is 2.89. The number of hydrogen-bond acceptors (Lipinski definition) is 2. The molecule has 1 heterocycles. The molecule has 0 spiro atoms. The average Bonchev–Trinajstić information content (AvgIpc) is 2.80. The zero-order valence-electron chi connectivity index (χ0n) is 9.05. The van der Waals surface area contributed by atoms with Crippen LogP contribution in [0.4, 0.5) is 0 Å². The molecule has 1 fully saturated rings. The summed E-state index contributed by atoms with van der Waals surface area (Å²) in [7, 11) is 2.10. The van der Waals surface area contributed by atoms with Crippen LogP contribution in [-0.4, -0.2) is 7.05 Å². The standard InChI is InChI=1S/C12H19NS/c1-9-11(7-8-14-9)12(13-2)10-5-3-4-6-10/h7-8,10,12-13H,3-6H2,1-2H3. The van der Waals surface area contributed by atoms with Crippen LogP contribution in [-0.2, 0) is 0 Å². The van der Waals surface area contributed by atoms with Gasteiger partial charge in [-0.25, -0.2) is 0 Å². The van der Waals surface area contributed by atoms with E-state index in [1.54, 1.807) is 0 Å². The zero-order chi connectivity index (χ0) is 9.97. The molecule has 0 aromatic carbocycles. The van der Waals surface area contributed by atoms with Gasteiger partial charge in [0.15, 0.2) is 0 Å². The van der Waals surface area contributed by atoms with Gasteiger partial charge in [-0.1, -0.05) is 12.8 Å². The minimum atomic E-state index is 0.601. The van der Waals surface area contributed by atoms with Gasteiger partial charge in [0, 0.05) is 10.9 Å². The minimum Gasteiger partial charge on any atom is -0.313 e. The average molecular weight is 209 g/mol. The van der Waals surface area contributed by atoms with Crippen molar-refractivity contribution in [2.45, 2.75) is 38.6 Å². The molecule has 2 heteroatoms. The predicted octanol–water partition coefficient (Wildman–Crippen LogP) is 3.51. The van der Waals surface area contributed by atoms with Crippen LogP contribution < -0.4 is 5.32 Å². The summed E-state index contributed by atoms with van der Waals surface area (Å²) < 4.78 is 0. The zero-order valence-corrected chi connectivity index (χ0v) is 9.86. The van der Waals surface area contributed by atoms with Crippen molar-refractivity contribution < 1.29 is 0 Å². The van der Waals surface area contributed by atoms with Gasteiger partial charge in [-0.3, -0.25) is 0 Å². The van der Waals surface area contributed by atoms with Crippen LogP contribution in [0, 0.1) is 12.8 Å². The summed E-state index contributed by atoms with van der Waals surface area (Å²) in [5.74, 6) is 0.869. The smallest absolute Gasteiger partial charge is 0.0357 e. The summed E-state index contributed by atoms with van der Waals surface area (Å²) in [6.45, 7) is 2.24. The second kappa shape index (κ2) is 4.45. The second-order valence-corrected chi connectivity index (χ2v) is 5.36. The van der Waals surface area contributed by atoms with Crippen molar-refractivity contribution in [1.82, 2.24) is 5.32 Å². The summed E-state index contributed by atoms with van der Waals surface area (Å²) in [5, 5.41) is 5.71. The molecule has 0 radical (unpaired) electrons. The Kier molecular flexibility index (Phi) is 3.24. The molecule has 0 amide bonds. The van der Waals surface area contributed by atoms with E-state index in [2.05, 4.69) is 30.7 Å². The first kappa shape index (κ1) is 10.2. The largest absolute Gasteiger partial charge is 0.313 e. The van der Waals surface area contributed by atoms with Crippen LogP contribution >= 0.6 is 11.3 Å². The molecule has 1 atom stereocenters. The van der Waals surface area contributed by atoms with E-state index >= 15 is 0 Å². The highest BCUT2D eigenvalue weighted by molar-refractivity contribution is 7.10. The van der Waals surface area contributed by atoms with E-state index in [0.717, 1.165) is 5.92 Å². The molecule has 78 valence electrons. The Morgan fingerprint density at radius 3 is 2.64 bits per heavy atom. The third-order valence-electron chi connectivity index (χ3n) is 3.42. The van der Waals surface area contributed by atoms with Crippen molar-refractivity contribution in [1.29, 1.82) is 0 Å². The minimum absolute atomic E-state index is 0.601. The van der Waals surface area contributed by atoms with Crippen LogP contribution in [0.3, 0.4) is 0 Å². The number of aryl methyl sites for hydroxylation is 1. The van der Waals surface area contributed by atoms with Crippen molar-refractivity contribution >= 4 is 11.3 Å². The summed E-state index contributed by atoms with van der Waals surface area (Å²) in [5.41, 5.74) is 1.53. The Hall–Kier alpha value is -0.340. The molecule has 0 bridgehead atoms. The van der Waals surface area contributed by atoms with Gasteiger partial charge in [0.05, 0.1) is 0 Å². The molecular formula is C12H19NS. The molecule has 1 aromatic rings. The van der Waals surface area contributed by atoms with E-state index in [-0.39, 0.29) is 0 Å². The maximum Gasteiger partial charge on any atom is 0.0357 e. The normalized spacial score (nSPS) is 20.1. The Labute approximate surface area is 90.5 Å². The predicted molar refractivity (Wildman–Crippen MR) is 62.8 cm³/mol. The van der Waals surface area contributed by atoms with E-state index in [4.69, 9.17) is 0 Å². The van der Waals surface area contributed by atoms with Crippen LogP contribution in [0.1, 0.15) is 42.2 Å². The first-order chi connectivity index (χ1) is 6.83. The number of thiophene rings is 1. The van der Waals surface area contributed by atoms with Gasteiger partial charge in [-0.15, -0.1) is 11.3 Å². The first-order valence-electron chi connectivity index (χ1n) is 5.54. The van der Waals surface area contributed by atoms with Crippen molar-refractivity contribution in [3.05, 3.63) is 21.9 Å². The van der Waals surface area contributed by atoms with Gasteiger partial charge >= 0.3 is 0 Å². The number of hydrogen-bond donors (Lipinski definition) is 1. The van der Waals surface area contributed by atoms with Gasteiger partial charge < -0.3 is 5.32 Å². The molecule has 1 aliphatic carbocycles. The lowest BCUT2D eigenvalue weighted by Crippen LogP contribution is -2.23. The molecule has 14 heavy (non-hydrogen) atoms. The van der Waals surface area contributed by atoms with Crippen molar-refractivity contribution in [2.75, 3.05) is 7.05 Å². The lowest BCUT2D eigenvalue weighted by molar-refractivity contribution is 0.390. The molecule has 1 aromatic heterocycles. The Balaban J connectivity index is 2.16. The van der Waals surface area contributed by atoms with E-state index < -0.39 is 0 Å². The molecule has 1 unspecified atom stereocenters. The van der Waals surface area contributed by atoms with Gasteiger partial charge in [-0.2, -0.15) is 0 Å². The van der Waals surface area contributed by atoms with Gasteiger partial charge in [0.2, 0.25) is 0 Å². The van der Waals surface area contributed by atoms with Gasteiger partial charge in [0.25, 0.3) is 0 Å². The maximum atomic E-state index is 3.49. The summed E-state index contributed by atoms with van der Waals surface area (Å²) in [6.07, 6.45) is 5.65. The van der Waals surface area contributed by atoms with E-state index in [0.29, 0.717) is 6.04 Å². The molecule has 1 saturated carbocycles. The first-order valence-corrected chi connectivity index (χ1v) is 6.42. The van der Waals surface area contributed by atoms with Crippen LogP contribution in [0.2, 0.25) is 0 Å². The van der Waals surface area contributed by atoms with Gasteiger partial charge in [-0.05, 0) is 49.7 Å². The molecule has 1 N–H and O–H groups in total. The molecule has 2 rings (SSSR count). The van der Waals surface area contributed by atoms with Crippen molar-refractivity contribution in [3.8, 4) is 0 Å². The summed E-state index contributed by atoms with van der Waals surface area (Å²) in [4.78, 5) is 1.48. The lowest BCUT2D eigenvalue weighted by atomic mass is 9.92. The van der Waals surface area contributed by atoms with Crippen LogP contribution in [0.25, 0.3) is 0 Å². The topological polar surface area (TPSA) is 12.0 Å². The fraction of sp³-hybridized carbons (Fsp3) is 0.667. The Morgan fingerprint density at radius 1 is 1.43 bits per heavy atom. The SMILES string of the molecule is CNC(c1ccsc1C)C1CCCC1. The third-order valence-corrected chi connectivity index (χ3v) is 4.28. The van der Waals surface area contributed by atoms with Crippen molar-refractivity contribution in [2.24, 2.45) is 5.92 Å². The second-order valence-electron chi connectivity index (χ2n) is 4.24. The highest BCUT2D eigenvalue weighted by Crippen LogP contribution is 2.37. The highest BCUT2D eigenvalue weighted by atomic mass is 32.1. The highest BCUT2D eigenvalue weighted by Gasteiger charge is 2.26. The molecule has 1 nitrogen and oxygen atoms in total. The molecule has 1 aliphatic rings. The van der Waals surface area contributed by atoms with Crippen LogP contribution in [0.15, 0.2) is 11.4 Å². The quantitative estimate of drug-likeness (QED) is 0.803. The molecule has 0 saturated heterocycles.